The summed E-state index contributed by atoms with van der Waals surface area (Å²) < 4.78 is 0. The first-order chi connectivity index (χ1) is 11.2. The number of thiazole rings is 2. The molecule has 5 nitrogen and oxygen atoms in total. The zero-order chi connectivity index (χ0) is 15.8. The quantitative estimate of drug-likeness (QED) is 0.788. The second-order valence-corrected chi connectivity index (χ2v) is 6.86. The lowest BCUT2D eigenvalue weighted by Crippen LogP contribution is -2.11. The van der Waals surface area contributed by atoms with Crippen molar-refractivity contribution in [3.05, 3.63) is 57.0 Å². The second-order valence-electron chi connectivity index (χ2n) is 5.11. The molecular formula is C16H12N4OS2. The summed E-state index contributed by atoms with van der Waals surface area (Å²) in [5, 5.41) is 5.24. The lowest BCUT2D eigenvalue weighted by atomic mass is 10.0. The molecule has 7 heteroatoms. The fourth-order valence-corrected chi connectivity index (χ4v) is 3.88. The lowest BCUT2D eigenvalue weighted by Gasteiger charge is -2.05. The van der Waals surface area contributed by atoms with Crippen LogP contribution in [-0.4, -0.2) is 21.6 Å². The predicted molar refractivity (Wildman–Crippen MR) is 93.3 cm³/mol. The van der Waals surface area contributed by atoms with Gasteiger partial charge in [0.2, 0.25) is 0 Å². The van der Waals surface area contributed by atoms with E-state index in [9.17, 15) is 4.79 Å². The van der Waals surface area contributed by atoms with Crippen LogP contribution in [0.1, 0.15) is 26.5 Å². The van der Waals surface area contributed by atoms with E-state index in [0.717, 1.165) is 34.0 Å². The fraction of sp³-hybridized carbons (Fsp3) is 0.125. The molecule has 1 aliphatic rings. The van der Waals surface area contributed by atoms with Gasteiger partial charge in [0.05, 0.1) is 33.0 Å². The van der Waals surface area contributed by atoms with Gasteiger partial charge >= 0.3 is 0 Å². The summed E-state index contributed by atoms with van der Waals surface area (Å²) in [6.07, 6.45) is 2.40. The van der Waals surface area contributed by atoms with E-state index in [2.05, 4.69) is 15.3 Å². The van der Waals surface area contributed by atoms with Crippen LogP contribution < -0.4 is 5.32 Å². The average Bonchev–Trinajstić information content (AvgIpc) is 3.25. The second kappa shape index (κ2) is 5.68. The van der Waals surface area contributed by atoms with E-state index in [1.54, 1.807) is 23.6 Å². The topological polar surface area (TPSA) is 67.2 Å². The minimum atomic E-state index is -0.178. The molecule has 1 aliphatic heterocycles. The fourth-order valence-electron chi connectivity index (χ4n) is 2.56. The highest BCUT2D eigenvalue weighted by Crippen LogP contribution is 2.34. The van der Waals surface area contributed by atoms with Gasteiger partial charge in [0.25, 0.3) is 5.91 Å². The molecule has 1 N–H and O–H groups in total. The Morgan fingerprint density at radius 1 is 1.26 bits per heavy atom. The molecule has 4 rings (SSSR count). The summed E-state index contributed by atoms with van der Waals surface area (Å²) in [6.45, 7) is 1.98. The third-order valence-corrected chi connectivity index (χ3v) is 5.30. The zero-order valence-corrected chi connectivity index (χ0v) is 13.9. The summed E-state index contributed by atoms with van der Waals surface area (Å²) in [7, 11) is 0. The van der Waals surface area contributed by atoms with Crippen molar-refractivity contribution < 1.29 is 4.79 Å². The third-order valence-electron chi connectivity index (χ3n) is 3.63. The number of aliphatic imine (C=N–C) groups is 1. The number of nitrogens with one attached hydrogen (secondary N) is 1. The number of carbonyl (C=O) groups excluding carboxylic acids is 1. The van der Waals surface area contributed by atoms with Crippen molar-refractivity contribution >= 4 is 45.1 Å². The number of hydrogen-bond acceptors (Lipinski definition) is 6. The van der Waals surface area contributed by atoms with Gasteiger partial charge in [0, 0.05) is 18.0 Å². The zero-order valence-electron chi connectivity index (χ0n) is 12.2. The van der Waals surface area contributed by atoms with Crippen molar-refractivity contribution in [1.29, 1.82) is 0 Å². The van der Waals surface area contributed by atoms with E-state index in [1.807, 2.05) is 29.9 Å². The summed E-state index contributed by atoms with van der Waals surface area (Å²) in [5.41, 5.74) is 6.19. The first-order valence-corrected chi connectivity index (χ1v) is 8.79. The molecule has 0 fully saturated rings. The first kappa shape index (κ1) is 14.2. The number of rotatable bonds is 3. The molecule has 3 heterocycles. The minimum Gasteiger partial charge on any atom is -0.298 e. The van der Waals surface area contributed by atoms with Gasteiger partial charge in [-0.05, 0) is 18.6 Å². The Morgan fingerprint density at radius 2 is 2.17 bits per heavy atom. The van der Waals surface area contributed by atoms with E-state index in [4.69, 9.17) is 4.99 Å². The molecule has 0 spiro atoms. The van der Waals surface area contributed by atoms with E-state index in [-0.39, 0.29) is 5.91 Å². The van der Waals surface area contributed by atoms with Gasteiger partial charge in [-0.1, -0.05) is 12.1 Å². The molecule has 0 atom stereocenters. The molecule has 0 bridgehead atoms. The van der Waals surface area contributed by atoms with Gasteiger partial charge in [-0.2, -0.15) is 0 Å². The molecular weight excluding hydrogens is 328 g/mol. The first-order valence-electron chi connectivity index (χ1n) is 7.03. The number of amides is 1. The summed E-state index contributed by atoms with van der Waals surface area (Å²) in [5.74, 6) is -0.178. The highest BCUT2D eigenvalue weighted by atomic mass is 32.1. The maximum atomic E-state index is 12.5. The van der Waals surface area contributed by atoms with E-state index in [0.29, 0.717) is 10.7 Å². The van der Waals surface area contributed by atoms with Crippen LogP contribution in [0.2, 0.25) is 0 Å². The normalized spacial score (nSPS) is 12.8. The number of benzene rings is 1. The molecule has 23 heavy (non-hydrogen) atoms. The number of nitrogens with zero attached hydrogens (tertiary/aromatic N) is 3. The SMILES string of the molecule is Cc1ncsc1C1=Nc2c(cccc2C(=O)Nc2nccs2)C1. The summed E-state index contributed by atoms with van der Waals surface area (Å²) >= 11 is 2.98. The molecule has 1 amide bonds. The van der Waals surface area contributed by atoms with Crippen molar-refractivity contribution in [2.45, 2.75) is 13.3 Å². The van der Waals surface area contributed by atoms with Gasteiger partial charge in [-0.25, -0.2) is 9.97 Å². The van der Waals surface area contributed by atoms with Gasteiger partial charge in [0.15, 0.2) is 5.13 Å². The van der Waals surface area contributed by atoms with Crippen molar-refractivity contribution in [2.24, 2.45) is 4.99 Å². The number of aryl methyl sites for hydroxylation is 1. The third kappa shape index (κ3) is 2.58. The largest absolute Gasteiger partial charge is 0.298 e. The van der Waals surface area contributed by atoms with E-state index < -0.39 is 0 Å². The van der Waals surface area contributed by atoms with E-state index in [1.165, 1.54) is 11.3 Å². The Bertz CT molecular complexity index is 912. The number of aromatic nitrogens is 2. The molecule has 2 aromatic heterocycles. The van der Waals surface area contributed by atoms with Gasteiger partial charge in [-0.3, -0.25) is 15.1 Å². The molecule has 0 aliphatic carbocycles. The van der Waals surface area contributed by atoms with Crippen molar-refractivity contribution in [2.75, 3.05) is 5.32 Å². The van der Waals surface area contributed by atoms with Gasteiger partial charge < -0.3 is 0 Å². The molecule has 114 valence electrons. The van der Waals surface area contributed by atoms with Crippen LogP contribution in [0.5, 0.6) is 0 Å². The molecule has 0 radical (unpaired) electrons. The Hall–Kier alpha value is -2.38. The van der Waals surface area contributed by atoms with Crippen LogP contribution in [0.15, 0.2) is 40.3 Å². The summed E-state index contributed by atoms with van der Waals surface area (Å²) in [4.78, 5) is 26.7. The van der Waals surface area contributed by atoms with Crippen LogP contribution in [0.4, 0.5) is 10.8 Å². The number of para-hydroxylation sites is 1. The average molecular weight is 340 g/mol. The standard InChI is InChI=1S/C16H12N4OS2/c1-9-14(23-8-18-9)12-7-10-3-2-4-11(13(10)19-12)15(21)20-16-17-5-6-22-16/h2-6,8H,7H2,1H3,(H,17,20,21). The van der Waals surface area contributed by atoms with Crippen molar-refractivity contribution in [3.8, 4) is 0 Å². The highest BCUT2D eigenvalue weighted by Gasteiger charge is 2.23. The molecule has 1 aromatic carbocycles. The Morgan fingerprint density at radius 3 is 2.91 bits per heavy atom. The lowest BCUT2D eigenvalue weighted by molar-refractivity contribution is 0.102. The molecule has 0 unspecified atom stereocenters. The summed E-state index contributed by atoms with van der Waals surface area (Å²) in [6, 6.07) is 5.71. The van der Waals surface area contributed by atoms with Crippen LogP contribution in [0, 0.1) is 6.92 Å². The minimum absolute atomic E-state index is 0.178. The van der Waals surface area contributed by atoms with Crippen LogP contribution in [0.3, 0.4) is 0 Å². The number of carbonyl (C=O) groups is 1. The van der Waals surface area contributed by atoms with Crippen molar-refractivity contribution in [1.82, 2.24) is 9.97 Å². The smallest absolute Gasteiger partial charge is 0.259 e. The van der Waals surface area contributed by atoms with Gasteiger partial charge in [-0.15, -0.1) is 22.7 Å². The maximum absolute atomic E-state index is 12.5. The van der Waals surface area contributed by atoms with Crippen LogP contribution in [0.25, 0.3) is 0 Å². The van der Waals surface area contributed by atoms with Gasteiger partial charge in [0.1, 0.15) is 0 Å². The molecule has 0 saturated carbocycles. The Balaban J connectivity index is 1.69. The predicted octanol–water partition coefficient (Wildman–Crippen LogP) is 3.84. The maximum Gasteiger partial charge on any atom is 0.259 e. The highest BCUT2D eigenvalue weighted by molar-refractivity contribution is 7.13. The number of anilines is 1. The Kier molecular flexibility index (Phi) is 3.51. The molecule has 0 saturated heterocycles. The number of fused-ring (bicyclic) bond motifs is 1. The molecule has 3 aromatic rings. The van der Waals surface area contributed by atoms with E-state index >= 15 is 0 Å². The monoisotopic (exact) mass is 340 g/mol. The Labute approximate surface area is 140 Å². The number of hydrogen-bond donors (Lipinski definition) is 1. The van der Waals surface area contributed by atoms with Crippen LogP contribution >= 0.6 is 22.7 Å². The van der Waals surface area contributed by atoms with Crippen LogP contribution in [-0.2, 0) is 6.42 Å². The van der Waals surface area contributed by atoms with Crippen molar-refractivity contribution in [3.63, 3.8) is 0 Å².